The Hall–Kier alpha value is -2.11. The van der Waals surface area contributed by atoms with Gasteiger partial charge in [-0.1, -0.05) is 103 Å². The number of unbranched alkanes of at least 4 members (excludes halogenated alkanes) is 15. The molecule has 0 spiro atoms. The van der Waals surface area contributed by atoms with E-state index in [-0.39, 0.29) is 24.5 Å². The van der Waals surface area contributed by atoms with Crippen LogP contribution in [-0.4, -0.2) is 35.6 Å². The van der Waals surface area contributed by atoms with Crippen molar-refractivity contribution in [2.75, 3.05) is 6.54 Å². The van der Waals surface area contributed by atoms with Gasteiger partial charge < -0.3 is 15.2 Å². The molecule has 0 aromatic rings. The number of carboxylic acids is 1. The molecule has 1 atom stereocenters. The van der Waals surface area contributed by atoms with Crippen molar-refractivity contribution in [2.24, 2.45) is 0 Å². The van der Waals surface area contributed by atoms with Gasteiger partial charge in [-0.05, 0) is 63.9 Å². The van der Waals surface area contributed by atoms with E-state index in [1.165, 1.54) is 70.6 Å². The summed E-state index contributed by atoms with van der Waals surface area (Å²) in [6.45, 7) is 4.12. The maximum atomic E-state index is 12.5. The molecule has 39 heavy (non-hydrogen) atoms. The highest BCUT2D eigenvalue weighted by Gasteiger charge is 2.12. The molecular weight excluding hydrogens is 490 g/mol. The van der Waals surface area contributed by atoms with E-state index in [0.29, 0.717) is 12.8 Å². The van der Waals surface area contributed by atoms with Crippen LogP contribution in [0.4, 0.5) is 0 Å². The minimum absolute atomic E-state index is 0.0958. The monoisotopic (exact) mass is 549 g/mol. The molecule has 1 unspecified atom stereocenters. The summed E-state index contributed by atoms with van der Waals surface area (Å²) < 4.78 is 5.83. The second-order valence-electron chi connectivity index (χ2n) is 10.7. The van der Waals surface area contributed by atoms with E-state index in [0.717, 1.165) is 57.8 Å². The van der Waals surface area contributed by atoms with Crippen LogP contribution in [0.15, 0.2) is 24.3 Å². The van der Waals surface area contributed by atoms with Crippen LogP contribution in [-0.2, 0) is 19.1 Å². The number of carboxylic acid groups (broad SMARTS) is 1. The molecule has 0 aliphatic rings. The first-order valence-corrected chi connectivity index (χ1v) is 16.0. The van der Waals surface area contributed by atoms with Crippen molar-refractivity contribution in [1.82, 2.24) is 5.32 Å². The van der Waals surface area contributed by atoms with E-state index < -0.39 is 5.97 Å². The zero-order valence-corrected chi connectivity index (χ0v) is 25.2. The smallest absolute Gasteiger partial charge is 0.322 e. The Bertz CT molecular complexity index is 658. The highest BCUT2D eigenvalue weighted by molar-refractivity contribution is 5.80. The van der Waals surface area contributed by atoms with Gasteiger partial charge in [-0.2, -0.15) is 0 Å². The fourth-order valence-electron chi connectivity index (χ4n) is 4.40. The Morgan fingerprint density at radius 3 is 1.87 bits per heavy atom. The third kappa shape index (κ3) is 28.7. The number of hydrogen-bond acceptors (Lipinski definition) is 4. The average molecular weight is 550 g/mol. The van der Waals surface area contributed by atoms with Gasteiger partial charge in [-0.3, -0.25) is 14.4 Å². The van der Waals surface area contributed by atoms with E-state index in [2.05, 4.69) is 43.5 Å². The van der Waals surface area contributed by atoms with Gasteiger partial charge in [0.2, 0.25) is 5.91 Å². The van der Waals surface area contributed by atoms with Crippen LogP contribution >= 0.6 is 0 Å². The molecule has 0 bridgehead atoms. The summed E-state index contributed by atoms with van der Waals surface area (Å²) in [4.78, 5) is 34.6. The van der Waals surface area contributed by atoms with E-state index in [1.807, 2.05) is 0 Å². The molecule has 0 saturated carbocycles. The highest BCUT2D eigenvalue weighted by Crippen LogP contribution is 2.15. The second kappa shape index (κ2) is 28.9. The number of esters is 1. The fraction of sp³-hybridized carbons (Fsp3) is 0.788. The second-order valence-corrected chi connectivity index (χ2v) is 10.7. The SMILES string of the molecule is CCCC/C=C\CCCCCCCC(=O)OC(/C=C\CCCCCCC)CCCCCCC(=O)NCC(=O)O. The van der Waals surface area contributed by atoms with Gasteiger partial charge >= 0.3 is 11.9 Å². The Kier molecular flexibility index (Phi) is 27.3. The van der Waals surface area contributed by atoms with Crippen LogP contribution in [0.5, 0.6) is 0 Å². The zero-order chi connectivity index (χ0) is 28.8. The van der Waals surface area contributed by atoms with Gasteiger partial charge in [0, 0.05) is 12.8 Å². The van der Waals surface area contributed by atoms with E-state index in [4.69, 9.17) is 9.84 Å². The first kappa shape index (κ1) is 36.9. The number of ether oxygens (including phenoxy) is 1. The van der Waals surface area contributed by atoms with Crippen molar-refractivity contribution in [2.45, 2.75) is 161 Å². The minimum atomic E-state index is -1.03. The maximum Gasteiger partial charge on any atom is 0.322 e. The summed E-state index contributed by atoms with van der Waals surface area (Å²) in [5.74, 6) is -1.34. The van der Waals surface area contributed by atoms with Crippen LogP contribution in [0.3, 0.4) is 0 Å². The number of aliphatic carboxylic acids is 1. The molecule has 0 radical (unpaired) electrons. The molecule has 0 fully saturated rings. The highest BCUT2D eigenvalue weighted by atomic mass is 16.5. The standard InChI is InChI=1S/C33H59NO5/c1-3-5-7-9-11-12-13-14-16-18-24-28-33(38)39-30(25-21-17-15-10-8-6-4-2)26-22-19-20-23-27-31(35)34-29-32(36)37/h9,11,21,25,30H,3-8,10,12-20,22-24,26-29H2,1-2H3,(H,34,35)(H,36,37)/b11-9-,25-21-. The van der Waals surface area contributed by atoms with Gasteiger partial charge in [0.05, 0.1) is 0 Å². The summed E-state index contributed by atoms with van der Waals surface area (Å²) in [5.41, 5.74) is 0. The number of amides is 1. The van der Waals surface area contributed by atoms with E-state index in [1.54, 1.807) is 0 Å². The maximum absolute atomic E-state index is 12.5. The van der Waals surface area contributed by atoms with Crippen molar-refractivity contribution in [3.63, 3.8) is 0 Å². The van der Waals surface area contributed by atoms with Crippen molar-refractivity contribution < 1.29 is 24.2 Å². The number of rotatable bonds is 28. The topological polar surface area (TPSA) is 92.7 Å². The number of allylic oxidation sites excluding steroid dienone is 3. The molecule has 6 nitrogen and oxygen atoms in total. The molecule has 0 saturated heterocycles. The Morgan fingerprint density at radius 1 is 0.667 bits per heavy atom. The van der Waals surface area contributed by atoms with Crippen LogP contribution in [0.2, 0.25) is 0 Å². The molecule has 2 N–H and O–H groups in total. The average Bonchev–Trinajstić information content (AvgIpc) is 2.91. The molecule has 0 rings (SSSR count). The first-order chi connectivity index (χ1) is 19.0. The summed E-state index contributed by atoms with van der Waals surface area (Å²) in [6, 6.07) is 0. The number of carbonyl (C=O) groups excluding carboxylic acids is 2. The predicted molar refractivity (Wildman–Crippen MR) is 162 cm³/mol. The van der Waals surface area contributed by atoms with Gasteiger partial charge in [0.25, 0.3) is 0 Å². The molecular formula is C33H59NO5. The number of hydrogen-bond donors (Lipinski definition) is 2. The normalized spacial score (nSPS) is 12.3. The lowest BCUT2D eigenvalue weighted by molar-refractivity contribution is -0.147. The Balaban J connectivity index is 4.20. The van der Waals surface area contributed by atoms with Gasteiger partial charge in [0.15, 0.2) is 0 Å². The number of carbonyl (C=O) groups is 3. The van der Waals surface area contributed by atoms with Crippen LogP contribution in [0.1, 0.15) is 155 Å². The Morgan fingerprint density at radius 2 is 1.21 bits per heavy atom. The summed E-state index contributed by atoms with van der Waals surface area (Å²) in [6.07, 6.45) is 31.6. The molecule has 226 valence electrons. The molecule has 6 heteroatoms. The lowest BCUT2D eigenvalue weighted by Crippen LogP contribution is -2.28. The molecule has 0 aromatic heterocycles. The lowest BCUT2D eigenvalue weighted by atomic mass is 10.1. The fourth-order valence-corrected chi connectivity index (χ4v) is 4.40. The lowest BCUT2D eigenvalue weighted by Gasteiger charge is -2.15. The Labute approximate surface area is 239 Å². The van der Waals surface area contributed by atoms with E-state index in [9.17, 15) is 14.4 Å². The van der Waals surface area contributed by atoms with Crippen molar-refractivity contribution >= 4 is 17.8 Å². The molecule has 0 aliphatic heterocycles. The summed E-state index contributed by atoms with van der Waals surface area (Å²) in [5, 5.41) is 11.0. The van der Waals surface area contributed by atoms with Crippen LogP contribution in [0.25, 0.3) is 0 Å². The van der Waals surface area contributed by atoms with Gasteiger partial charge in [-0.25, -0.2) is 0 Å². The largest absolute Gasteiger partial charge is 0.480 e. The predicted octanol–water partition coefficient (Wildman–Crippen LogP) is 8.83. The van der Waals surface area contributed by atoms with Crippen molar-refractivity contribution in [3.8, 4) is 0 Å². The molecule has 1 amide bonds. The minimum Gasteiger partial charge on any atom is -0.480 e. The van der Waals surface area contributed by atoms with E-state index >= 15 is 0 Å². The van der Waals surface area contributed by atoms with Gasteiger partial charge in [-0.15, -0.1) is 0 Å². The molecule has 0 aromatic carbocycles. The molecule has 0 heterocycles. The first-order valence-electron chi connectivity index (χ1n) is 16.0. The third-order valence-electron chi connectivity index (χ3n) is 6.83. The summed E-state index contributed by atoms with van der Waals surface area (Å²) in [7, 11) is 0. The van der Waals surface area contributed by atoms with Crippen molar-refractivity contribution in [3.05, 3.63) is 24.3 Å². The quantitative estimate of drug-likeness (QED) is 0.0578. The summed E-state index contributed by atoms with van der Waals surface area (Å²) >= 11 is 0. The third-order valence-corrected chi connectivity index (χ3v) is 6.83. The van der Waals surface area contributed by atoms with Crippen LogP contribution < -0.4 is 5.32 Å². The van der Waals surface area contributed by atoms with Gasteiger partial charge in [0.1, 0.15) is 12.6 Å². The van der Waals surface area contributed by atoms with Crippen LogP contribution in [0, 0.1) is 0 Å². The zero-order valence-electron chi connectivity index (χ0n) is 25.2. The van der Waals surface area contributed by atoms with Crippen molar-refractivity contribution in [1.29, 1.82) is 0 Å². The number of nitrogens with one attached hydrogen (secondary N) is 1. The molecule has 0 aliphatic carbocycles.